The average Bonchev–Trinajstić information content (AvgIpc) is 3.26. The highest BCUT2D eigenvalue weighted by Gasteiger charge is 2.49. The Balaban J connectivity index is 1.46. The van der Waals surface area contributed by atoms with Crippen LogP contribution in [0.3, 0.4) is 0 Å². The predicted octanol–water partition coefficient (Wildman–Crippen LogP) is 2.45. The number of carboxylic acids is 1. The Morgan fingerprint density at radius 1 is 1.29 bits per heavy atom. The first-order chi connectivity index (χ1) is 11.6. The van der Waals surface area contributed by atoms with Gasteiger partial charge in [0.2, 0.25) is 5.91 Å². The summed E-state index contributed by atoms with van der Waals surface area (Å²) in [5.41, 5.74) is 1.81. The van der Waals surface area contributed by atoms with Crippen LogP contribution in [0.1, 0.15) is 18.6 Å². The Hall–Kier alpha value is -2.63. The van der Waals surface area contributed by atoms with Crippen LogP contribution in [0, 0.1) is 11.8 Å². The highest BCUT2D eigenvalue weighted by Crippen LogP contribution is 2.39. The van der Waals surface area contributed by atoms with Gasteiger partial charge in [-0.1, -0.05) is 35.5 Å². The van der Waals surface area contributed by atoms with E-state index in [1.165, 1.54) is 0 Å². The van der Waals surface area contributed by atoms with Crippen LogP contribution in [-0.4, -0.2) is 40.6 Å². The number of hydrogen-bond donors (Lipinski definition) is 1. The summed E-state index contributed by atoms with van der Waals surface area (Å²) in [5, 5.41) is 13.0. The zero-order valence-electron chi connectivity index (χ0n) is 13.5. The standard InChI is InChI=1S/C18H20N2O4/c1-20(17(21)14-11-15(14)18(22)23)9-5-8-13-10-16(19-24-13)12-6-3-2-4-7-12/h2-4,6-7,10,14-15H,5,8-9,11H2,1H3,(H,22,23)/t14-,15+/m1/s1. The fraction of sp³-hybridized carbons (Fsp3) is 0.389. The molecule has 1 amide bonds. The third-order valence-electron chi connectivity index (χ3n) is 4.35. The summed E-state index contributed by atoms with van der Waals surface area (Å²) >= 11 is 0. The number of amides is 1. The van der Waals surface area contributed by atoms with Crippen molar-refractivity contribution >= 4 is 11.9 Å². The van der Waals surface area contributed by atoms with E-state index in [4.69, 9.17) is 9.63 Å². The molecule has 1 aromatic carbocycles. The van der Waals surface area contributed by atoms with E-state index in [9.17, 15) is 9.59 Å². The third-order valence-corrected chi connectivity index (χ3v) is 4.35. The van der Waals surface area contributed by atoms with Crippen LogP contribution < -0.4 is 0 Å². The van der Waals surface area contributed by atoms with E-state index in [1.54, 1.807) is 11.9 Å². The van der Waals surface area contributed by atoms with Gasteiger partial charge in [0, 0.05) is 31.6 Å². The SMILES string of the molecule is CN(CCCc1cc(-c2ccccc2)no1)C(=O)[C@@H]1C[C@@H]1C(=O)O. The van der Waals surface area contributed by atoms with Crippen molar-refractivity contribution in [1.29, 1.82) is 0 Å². The third kappa shape index (κ3) is 3.64. The summed E-state index contributed by atoms with van der Waals surface area (Å²) < 4.78 is 5.34. The minimum absolute atomic E-state index is 0.0788. The molecule has 1 N–H and O–H groups in total. The molecule has 0 aliphatic heterocycles. The monoisotopic (exact) mass is 328 g/mol. The van der Waals surface area contributed by atoms with Gasteiger partial charge >= 0.3 is 5.97 Å². The lowest BCUT2D eigenvalue weighted by atomic mass is 10.1. The Labute approximate surface area is 140 Å². The molecule has 0 unspecified atom stereocenters. The molecule has 1 aliphatic rings. The summed E-state index contributed by atoms with van der Waals surface area (Å²) in [7, 11) is 1.72. The molecule has 1 saturated carbocycles. The summed E-state index contributed by atoms with van der Waals surface area (Å²) in [5.74, 6) is -1.02. The zero-order chi connectivity index (χ0) is 17.1. The van der Waals surface area contributed by atoms with Gasteiger partial charge in [-0.2, -0.15) is 0 Å². The van der Waals surface area contributed by atoms with Crippen LogP contribution in [0.2, 0.25) is 0 Å². The molecule has 126 valence electrons. The van der Waals surface area contributed by atoms with Gasteiger partial charge in [0.25, 0.3) is 0 Å². The smallest absolute Gasteiger partial charge is 0.307 e. The summed E-state index contributed by atoms with van der Waals surface area (Å²) in [4.78, 5) is 24.5. The van der Waals surface area contributed by atoms with Crippen molar-refractivity contribution in [3.05, 3.63) is 42.2 Å². The molecule has 2 aromatic rings. The van der Waals surface area contributed by atoms with Gasteiger partial charge in [-0.25, -0.2) is 0 Å². The van der Waals surface area contributed by atoms with Crippen LogP contribution in [0.4, 0.5) is 0 Å². The quantitative estimate of drug-likeness (QED) is 0.844. The lowest BCUT2D eigenvalue weighted by Gasteiger charge is -2.16. The molecular weight excluding hydrogens is 308 g/mol. The second kappa shape index (κ2) is 6.86. The molecule has 2 atom stereocenters. The maximum atomic E-state index is 12.1. The summed E-state index contributed by atoms with van der Waals surface area (Å²) in [6.45, 7) is 0.572. The number of rotatable bonds is 7. The Morgan fingerprint density at radius 3 is 2.71 bits per heavy atom. The number of carbonyl (C=O) groups excluding carboxylic acids is 1. The number of aromatic nitrogens is 1. The van der Waals surface area contributed by atoms with E-state index in [0.717, 1.165) is 23.4 Å². The lowest BCUT2D eigenvalue weighted by molar-refractivity contribution is -0.141. The highest BCUT2D eigenvalue weighted by atomic mass is 16.5. The minimum atomic E-state index is -0.878. The largest absolute Gasteiger partial charge is 0.481 e. The summed E-state index contributed by atoms with van der Waals surface area (Å²) in [6.07, 6.45) is 1.89. The first-order valence-electron chi connectivity index (χ1n) is 8.05. The average molecular weight is 328 g/mol. The molecule has 1 aliphatic carbocycles. The van der Waals surface area contributed by atoms with Gasteiger partial charge in [0.05, 0.1) is 11.8 Å². The normalized spacial score (nSPS) is 19.0. The van der Waals surface area contributed by atoms with Gasteiger partial charge < -0.3 is 14.5 Å². The maximum Gasteiger partial charge on any atom is 0.307 e. The fourth-order valence-electron chi connectivity index (χ4n) is 2.80. The Morgan fingerprint density at radius 2 is 2.04 bits per heavy atom. The molecule has 1 aromatic heterocycles. The topological polar surface area (TPSA) is 83.6 Å². The zero-order valence-corrected chi connectivity index (χ0v) is 13.5. The molecule has 1 fully saturated rings. The minimum Gasteiger partial charge on any atom is -0.481 e. The van der Waals surface area contributed by atoms with E-state index in [0.29, 0.717) is 19.4 Å². The van der Waals surface area contributed by atoms with Gasteiger partial charge in [0.1, 0.15) is 11.5 Å². The van der Waals surface area contributed by atoms with E-state index < -0.39 is 11.9 Å². The number of carboxylic acid groups (broad SMARTS) is 1. The molecule has 6 heteroatoms. The molecule has 0 bridgehead atoms. The van der Waals surface area contributed by atoms with Crippen molar-refractivity contribution < 1.29 is 19.2 Å². The highest BCUT2D eigenvalue weighted by molar-refractivity contribution is 5.89. The molecular formula is C18H20N2O4. The van der Waals surface area contributed by atoms with Crippen molar-refractivity contribution in [3.63, 3.8) is 0 Å². The number of aliphatic carboxylic acids is 1. The van der Waals surface area contributed by atoms with E-state index in [1.807, 2.05) is 36.4 Å². The van der Waals surface area contributed by atoms with Crippen LogP contribution >= 0.6 is 0 Å². The molecule has 0 spiro atoms. The van der Waals surface area contributed by atoms with Crippen molar-refractivity contribution in [2.24, 2.45) is 11.8 Å². The number of hydrogen-bond acceptors (Lipinski definition) is 4. The summed E-state index contributed by atoms with van der Waals surface area (Å²) in [6, 6.07) is 11.7. The number of carbonyl (C=O) groups is 2. The molecule has 24 heavy (non-hydrogen) atoms. The first-order valence-corrected chi connectivity index (χ1v) is 8.05. The van der Waals surface area contributed by atoms with Gasteiger partial charge in [-0.05, 0) is 12.8 Å². The first kappa shape index (κ1) is 16.2. The molecule has 6 nitrogen and oxygen atoms in total. The number of nitrogens with zero attached hydrogens (tertiary/aromatic N) is 2. The Bertz CT molecular complexity index is 726. The Kier molecular flexibility index (Phi) is 4.64. The van der Waals surface area contributed by atoms with Crippen LogP contribution in [0.15, 0.2) is 40.9 Å². The van der Waals surface area contributed by atoms with E-state index >= 15 is 0 Å². The molecule has 0 radical (unpaired) electrons. The number of benzene rings is 1. The van der Waals surface area contributed by atoms with Gasteiger partial charge in [0.15, 0.2) is 0 Å². The molecule has 0 saturated heterocycles. The lowest BCUT2D eigenvalue weighted by Crippen LogP contribution is -2.30. The van der Waals surface area contributed by atoms with Crippen LogP contribution in [-0.2, 0) is 16.0 Å². The van der Waals surface area contributed by atoms with Gasteiger partial charge in [-0.15, -0.1) is 0 Å². The van der Waals surface area contributed by atoms with Crippen molar-refractivity contribution in [3.8, 4) is 11.3 Å². The number of aryl methyl sites for hydroxylation is 1. The second-order valence-electron chi connectivity index (χ2n) is 6.19. The molecule has 3 rings (SSSR count). The van der Waals surface area contributed by atoms with Crippen molar-refractivity contribution in [1.82, 2.24) is 10.1 Å². The van der Waals surface area contributed by atoms with Gasteiger partial charge in [-0.3, -0.25) is 9.59 Å². The second-order valence-corrected chi connectivity index (χ2v) is 6.19. The van der Waals surface area contributed by atoms with Crippen LogP contribution in [0.5, 0.6) is 0 Å². The van der Waals surface area contributed by atoms with Crippen LogP contribution in [0.25, 0.3) is 11.3 Å². The van der Waals surface area contributed by atoms with E-state index in [2.05, 4.69) is 5.16 Å². The van der Waals surface area contributed by atoms with Crippen molar-refractivity contribution in [2.75, 3.05) is 13.6 Å². The fourth-order valence-corrected chi connectivity index (χ4v) is 2.80. The van der Waals surface area contributed by atoms with E-state index in [-0.39, 0.29) is 11.8 Å². The van der Waals surface area contributed by atoms with Crippen molar-refractivity contribution in [2.45, 2.75) is 19.3 Å². The predicted molar refractivity (Wildman–Crippen MR) is 87.1 cm³/mol. The maximum absolute atomic E-state index is 12.1. The molecule has 1 heterocycles.